The Labute approximate surface area is 166 Å². The van der Waals surface area contributed by atoms with Crippen LogP contribution in [0.1, 0.15) is 35.9 Å². The van der Waals surface area contributed by atoms with Crippen LogP contribution in [0.2, 0.25) is 0 Å². The van der Waals surface area contributed by atoms with Crippen molar-refractivity contribution in [2.75, 3.05) is 26.7 Å². The summed E-state index contributed by atoms with van der Waals surface area (Å²) < 4.78 is 10.2. The molecule has 2 aromatic rings. The molecule has 0 radical (unpaired) electrons. The lowest BCUT2D eigenvalue weighted by Gasteiger charge is -2.39. The maximum absolute atomic E-state index is 13.0. The molecule has 1 aliphatic heterocycles. The molecule has 1 fully saturated rings. The first-order valence-corrected chi connectivity index (χ1v) is 9.77. The molecular formula is C22H28N2O4. The van der Waals surface area contributed by atoms with Crippen molar-refractivity contribution < 1.29 is 18.7 Å². The summed E-state index contributed by atoms with van der Waals surface area (Å²) >= 11 is 0. The van der Waals surface area contributed by atoms with Crippen molar-refractivity contribution in [3.05, 3.63) is 60.1 Å². The van der Waals surface area contributed by atoms with E-state index < -0.39 is 0 Å². The number of methoxy groups -OCH3 is 1. The monoisotopic (exact) mass is 384 g/mol. The van der Waals surface area contributed by atoms with Crippen LogP contribution in [0.4, 0.5) is 0 Å². The van der Waals surface area contributed by atoms with Gasteiger partial charge in [-0.15, -0.1) is 0 Å². The van der Waals surface area contributed by atoms with Crippen LogP contribution in [0.25, 0.3) is 0 Å². The maximum atomic E-state index is 13.0. The molecule has 28 heavy (non-hydrogen) atoms. The molecule has 2 heterocycles. The minimum Gasteiger partial charge on any atom is -0.469 e. The number of likely N-dealkylation sites (tertiary alicyclic amines) is 1. The van der Waals surface area contributed by atoms with Crippen LogP contribution in [0.5, 0.6) is 0 Å². The zero-order valence-corrected chi connectivity index (χ0v) is 16.5. The molecule has 1 saturated heterocycles. The average molecular weight is 384 g/mol. The molecule has 3 rings (SSSR count). The van der Waals surface area contributed by atoms with E-state index in [-0.39, 0.29) is 23.8 Å². The number of benzene rings is 1. The third kappa shape index (κ3) is 5.01. The average Bonchev–Trinajstić information content (AvgIpc) is 3.27. The molecule has 0 spiro atoms. The fourth-order valence-electron chi connectivity index (χ4n) is 3.74. The SMILES string of the molecule is COC(=O)C(C)CN(C(=O)c1ccco1)C1CCN(Cc2ccccc2)CC1. The van der Waals surface area contributed by atoms with E-state index in [1.165, 1.54) is 18.9 Å². The first-order valence-electron chi connectivity index (χ1n) is 9.77. The number of rotatable bonds is 7. The molecule has 0 bridgehead atoms. The molecule has 1 aromatic heterocycles. The molecule has 1 aromatic carbocycles. The summed E-state index contributed by atoms with van der Waals surface area (Å²) in [6.07, 6.45) is 3.23. The highest BCUT2D eigenvalue weighted by Gasteiger charge is 2.32. The molecule has 0 saturated carbocycles. The van der Waals surface area contributed by atoms with Crippen LogP contribution in [-0.4, -0.2) is 54.5 Å². The second kappa shape index (κ2) is 9.55. The smallest absolute Gasteiger partial charge is 0.310 e. The summed E-state index contributed by atoms with van der Waals surface area (Å²) in [5.74, 6) is -0.545. The van der Waals surface area contributed by atoms with Gasteiger partial charge in [-0.1, -0.05) is 37.3 Å². The number of ether oxygens (including phenoxy) is 1. The Morgan fingerprint density at radius 1 is 1.18 bits per heavy atom. The Morgan fingerprint density at radius 3 is 2.50 bits per heavy atom. The highest BCUT2D eigenvalue weighted by atomic mass is 16.5. The van der Waals surface area contributed by atoms with E-state index in [4.69, 9.17) is 9.15 Å². The largest absolute Gasteiger partial charge is 0.469 e. The molecule has 0 aliphatic carbocycles. The lowest BCUT2D eigenvalue weighted by atomic mass is 10.00. The number of hydrogen-bond acceptors (Lipinski definition) is 5. The summed E-state index contributed by atoms with van der Waals surface area (Å²) in [5, 5.41) is 0. The fraction of sp³-hybridized carbons (Fsp3) is 0.455. The summed E-state index contributed by atoms with van der Waals surface area (Å²) in [5.41, 5.74) is 1.30. The van der Waals surface area contributed by atoms with Gasteiger partial charge in [-0.25, -0.2) is 0 Å². The maximum Gasteiger partial charge on any atom is 0.310 e. The number of furan rings is 1. The van der Waals surface area contributed by atoms with E-state index in [2.05, 4.69) is 29.2 Å². The summed E-state index contributed by atoms with van der Waals surface area (Å²) in [6, 6.07) is 13.9. The number of amides is 1. The molecule has 6 nitrogen and oxygen atoms in total. The highest BCUT2D eigenvalue weighted by molar-refractivity contribution is 5.92. The molecule has 1 amide bonds. The second-order valence-corrected chi connectivity index (χ2v) is 7.35. The Balaban J connectivity index is 1.65. The lowest BCUT2D eigenvalue weighted by Crippen LogP contribution is -2.49. The number of esters is 1. The summed E-state index contributed by atoms with van der Waals surface area (Å²) in [6.45, 7) is 4.86. The van der Waals surface area contributed by atoms with Crippen molar-refractivity contribution in [2.24, 2.45) is 5.92 Å². The third-order valence-electron chi connectivity index (χ3n) is 5.31. The van der Waals surface area contributed by atoms with Crippen LogP contribution < -0.4 is 0 Å². The fourth-order valence-corrected chi connectivity index (χ4v) is 3.74. The molecule has 150 valence electrons. The minimum atomic E-state index is -0.383. The van der Waals surface area contributed by atoms with Gasteiger partial charge in [0.1, 0.15) is 0 Å². The number of piperidine rings is 1. The van der Waals surface area contributed by atoms with E-state index in [1.807, 2.05) is 6.07 Å². The van der Waals surface area contributed by atoms with Crippen molar-refractivity contribution >= 4 is 11.9 Å². The number of nitrogens with zero attached hydrogens (tertiary/aromatic N) is 2. The van der Waals surface area contributed by atoms with Gasteiger partial charge in [0.25, 0.3) is 5.91 Å². The molecule has 1 atom stereocenters. The molecule has 6 heteroatoms. The van der Waals surface area contributed by atoms with Crippen LogP contribution in [-0.2, 0) is 16.1 Å². The van der Waals surface area contributed by atoms with Crippen LogP contribution in [0.15, 0.2) is 53.1 Å². The van der Waals surface area contributed by atoms with E-state index in [1.54, 1.807) is 24.0 Å². The van der Waals surface area contributed by atoms with Crippen LogP contribution >= 0.6 is 0 Å². The van der Waals surface area contributed by atoms with Gasteiger partial charge < -0.3 is 14.1 Å². The van der Waals surface area contributed by atoms with Gasteiger partial charge in [0, 0.05) is 32.2 Å². The van der Waals surface area contributed by atoms with Crippen molar-refractivity contribution in [3.63, 3.8) is 0 Å². The van der Waals surface area contributed by atoms with Crippen LogP contribution in [0, 0.1) is 5.92 Å². The molecular weight excluding hydrogens is 356 g/mol. The quantitative estimate of drug-likeness (QED) is 0.686. The third-order valence-corrected chi connectivity index (χ3v) is 5.31. The predicted molar refractivity (Wildman–Crippen MR) is 106 cm³/mol. The standard InChI is InChI=1S/C22H28N2O4/c1-17(22(26)27-2)15-24(21(25)20-9-6-14-28-20)19-10-12-23(13-11-19)16-18-7-4-3-5-8-18/h3-9,14,17,19H,10-13,15-16H2,1-2H3. The van der Waals surface area contributed by atoms with Gasteiger partial charge >= 0.3 is 5.97 Å². The van der Waals surface area contributed by atoms with Gasteiger partial charge in [0.15, 0.2) is 5.76 Å². The topological polar surface area (TPSA) is 63.0 Å². The summed E-state index contributed by atoms with van der Waals surface area (Å²) in [7, 11) is 1.37. The Morgan fingerprint density at radius 2 is 1.89 bits per heavy atom. The number of carbonyl (C=O) groups excluding carboxylic acids is 2. The van der Waals surface area contributed by atoms with E-state index in [9.17, 15) is 9.59 Å². The highest BCUT2D eigenvalue weighted by Crippen LogP contribution is 2.22. The van der Waals surface area contributed by atoms with E-state index >= 15 is 0 Å². The zero-order chi connectivity index (χ0) is 19.9. The van der Waals surface area contributed by atoms with Crippen molar-refractivity contribution in [1.29, 1.82) is 0 Å². The first kappa shape index (κ1) is 20.1. The number of carbonyl (C=O) groups is 2. The Bertz CT molecular complexity index is 752. The first-order chi connectivity index (χ1) is 13.6. The van der Waals surface area contributed by atoms with Gasteiger partial charge in [-0.3, -0.25) is 14.5 Å². The van der Waals surface area contributed by atoms with Crippen molar-refractivity contribution in [3.8, 4) is 0 Å². The lowest BCUT2D eigenvalue weighted by molar-refractivity contribution is -0.145. The van der Waals surface area contributed by atoms with Crippen molar-refractivity contribution in [1.82, 2.24) is 9.80 Å². The van der Waals surface area contributed by atoms with Gasteiger partial charge in [0.05, 0.1) is 19.3 Å². The predicted octanol–water partition coefficient (Wildman–Crippen LogP) is 3.20. The van der Waals surface area contributed by atoms with Crippen molar-refractivity contribution in [2.45, 2.75) is 32.4 Å². The Kier molecular flexibility index (Phi) is 6.87. The Hall–Kier alpha value is -2.60. The van der Waals surface area contributed by atoms with Gasteiger partial charge in [0.2, 0.25) is 0 Å². The summed E-state index contributed by atoms with van der Waals surface area (Å²) in [4.78, 5) is 29.1. The number of hydrogen-bond donors (Lipinski definition) is 0. The van der Waals surface area contributed by atoms with Gasteiger partial charge in [-0.2, -0.15) is 0 Å². The molecule has 1 unspecified atom stereocenters. The zero-order valence-electron chi connectivity index (χ0n) is 16.5. The van der Waals surface area contributed by atoms with E-state index in [0.29, 0.717) is 12.3 Å². The van der Waals surface area contributed by atoms with Crippen LogP contribution in [0.3, 0.4) is 0 Å². The normalized spacial score (nSPS) is 16.5. The molecule has 0 N–H and O–H groups in total. The van der Waals surface area contributed by atoms with E-state index in [0.717, 1.165) is 32.5 Å². The molecule has 1 aliphatic rings. The van der Waals surface area contributed by atoms with Gasteiger partial charge in [-0.05, 0) is 30.5 Å². The second-order valence-electron chi connectivity index (χ2n) is 7.35. The minimum absolute atomic E-state index is 0.0803.